The van der Waals surface area contributed by atoms with E-state index in [4.69, 9.17) is 0 Å². The maximum absolute atomic E-state index is 3.65. The van der Waals surface area contributed by atoms with Crippen molar-refractivity contribution in [2.24, 2.45) is 17.8 Å². The third kappa shape index (κ3) is 2.33. The van der Waals surface area contributed by atoms with Crippen LogP contribution in [-0.2, 0) is 6.42 Å². The normalized spacial score (nSPS) is 35.3. The zero-order chi connectivity index (χ0) is 13.4. The van der Waals surface area contributed by atoms with E-state index in [0.717, 1.165) is 23.7 Å². The van der Waals surface area contributed by atoms with Crippen LogP contribution in [0.2, 0.25) is 0 Å². The quantitative estimate of drug-likeness (QED) is 0.863. The highest BCUT2D eigenvalue weighted by Gasteiger charge is 2.38. The summed E-state index contributed by atoms with van der Waals surface area (Å²) in [7, 11) is 2.16. The second-order valence-electron chi connectivity index (χ2n) is 6.85. The Morgan fingerprint density at radius 2 is 1.89 bits per heavy atom. The predicted molar refractivity (Wildman–Crippen MR) is 81.4 cm³/mol. The second-order valence-corrected chi connectivity index (χ2v) is 6.85. The minimum absolute atomic E-state index is 0.685. The molecule has 5 unspecified atom stereocenters. The van der Waals surface area contributed by atoms with Gasteiger partial charge in [0.25, 0.3) is 0 Å². The summed E-state index contributed by atoms with van der Waals surface area (Å²) in [5.41, 5.74) is 3.18. The van der Waals surface area contributed by atoms with Crippen molar-refractivity contribution in [2.75, 3.05) is 7.05 Å². The molecule has 2 aliphatic rings. The van der Waals surface area contributed by atoms with Crippen LogP contribution in [0.3, 0.4) is 0 Å². The van der Waals surface area contributed by atoms with Gasteiger partial charge in [0.15, 0.2) is 0 Å². The topological polar surface area (TPSA) is 12.0 Å². The van der Waals surface area contributed by atoms with Gasteiger partial charge in [-0.15, -0.1) is 0 Å². The van der Waals surface area contributed by atoms with E-state index >= 15 is 0 Å². The number of benzene rings is 1. The Kier molecular flexibility index (Phi) is 3.66. The molecule has 1 heteroatoms. The van der Waals surface area contributed by atoms with E-state index in [2.05, 4.69) is 50.5 Å². The van der Waals surface area contributed by atoms with Gasteiger partial charge in [0, 0.05) is 12.0 Å². The van der Waals surface area contributed by atoms with Crippen LogP contribution in [0.5, 0.6) is 0 Å². The summed E-state index contributed by atoms with van der Waals surface area (Å²) < 4.78 is 0. The first-order valence-electron chi connectivity index (χ1n) is 7.95. The highest BCUT2D eigenvalue weighted by atomic mass is 14.9. The smallest absolute Gasteiger partial charge is 0.0164 e. The van der Waals surface area contributed by atoms with Gasteiger partial charge < -0.3 is 5.32 Å². The van der Waals surface area contributed by atoms with Gasteiger partial charge in [0.1, 0.15) is 0 Å². The van der Waals surface area contributed by atoms with Crippen molar-refractivity contribution in [1.29, 1.82) is 0 Å². The maximum Gasteiger partial charge on any atom is 0.0164 e. The molecule has 0 radical (unpaired) electrons. The first kappa shape index (κ1) is 13.2. The molecule has 0 aliphatic heterocycles. The summed E-state index contributed by atoms with van der Waals surface area (Å²) in [5, 5.41) is 3.65. The summed E-state index contributed by atoms with van der Waals surface area (Å²) in [4.78, 5) is 0. The van der Waals surface area contributed by atoms with Crippen molar-refractivity contribution < 1.29 is 0 Å². The average Bonchev–Trinajstić information content (AvgIpc) is 2.39. The lowest BCUT2D eigenvalue weighted by molar-refractivity contribution is 0.157. The van der Waals surface area contributed by atoms with E-state index in [1.807, 2.05) is 0 Å². The molecule has 1 N–H and O–H groups in total. The molecule has 19 heavy (non-hydrogen) atoms. The SMILES string of the molecule is CNC(C1CCC(C)C(C)C1)C1Cc2ccccc21. The molecule has 1 aromatic rings. The molecule has 0 spiro atoms. The van der Waals surface area contributed by atoms with Crippen LogP contribution >= 0.6 is 0 Å². The Balaban J connectivity index is 1.73. The first-order valence-corrected chi connectivity index (χ1v) is 7.95. The van der Waals surface area contributed by atoms with Gasteiger partial charge in [0.05, 0.1) is 0 Å². The lowest BCUT2D eigenvalue weighted by atomic mass is 9.65. The summed E-state index contributed by atoms with van der Waals surface area (Å²) in [6.45, 7) is 4.87. The fourth-order valence-electron chi connectivity index (χ4n) is 4.30. The van der Waals surface area contributed by atoms with Crippen molar-refractivity contribution >= 4 is 0 Å². The summed E-state index contributed by atoms with van der Waals surface area (Å²) in [6.07, 6.45) is 5.52. The van der Waals surface area contributed by atoms with Crippen molar-refractivity contribution in [3.05, 3.63) is 35.4 Å². The number of likely N-dealkylation sites (N-methyl/N-ethyl adjacent to an activating group) is 1. The van der Waals surface area contributed by atoms with Crippen LogP contribution in [-0.4, -0.2) is 13.1 Å². The van der Waals surface area contributed by atoms with Crippen molar-refractivity contribution in [3.63, 3.8) is 0 Å². The summed E-state index contributed by atoms with van der Waals surface area (Å²) in [6, 6.07) is 9.69. The molecule has 104 valence electrons. The molecule has 0 amide bonds. The number of rotatable bonds is 3. The van der Waals surface area contributed by atoms with Gasteiger partial charge >= 0.3 is 0 Å². The fraction of sp³-hybridized carbons (Fsp3) is 0.667. The van der Waals surface area contributed by atoms with Gasteiger partial charge in [-0.2, -0.15) is 0 Å². The van der Waals surface area contributed by atoms with E-state index in [0.29, 0.717) is 6.04 Å². The molecule has 1 fully saturated rings. The highest BCUT2D eigenvalue weighted by Crippen LogP contribution is 2.44. The third-order valence-electron chi connectivity index (χ3n) is 5.81. The fourth-order valence-corrected chi connectivity index (χ4v) is 4.30. The van der Waals surface area contributed by atoms with Crippen LogP contribution < -0.4 is 5.32 Å². The summed E-state index contributed by atoms with van der Waals surface area (Å²) in [5.74, 6) is 3.44. The number of hydrogen-bond acceptors (Lipinski definition) is 1. The molecule has 1 saturated carbocycles. The molecule has 0 saturated heterocycles. The number of nitrogens with one attached hydrogen (secondary N) is 1. The molecule has 0 aromatic heterocycles. The van der Waals surface area contributed by atoms with E-state index in [1.165, 1.54) is 25.7 Å². The Bertz CT molecular complexity index is 439. The first-order chi connectivity index (χ1) is 9.20. The molecule has 0 heterocycles. The standard InChI is InChI=1S/C18H27N/c1-12-8-9-15(10-13(12)2)18(19-3)17-11-14-6-4-5-7-16(14)17/h4-7,12-13,15,17-19H,8-11H2,1-3H3. The number of hydrogen-bond donors (Lipinski definition) is 1. The van der Waals surface area contributed by atoms with E-state index in [9.17, 15) is 0 Å². The average molecular weight is 257 g/mol. The van der Waals surface area contributed by atoms with Crippen molar-refractivity contribution in [2.45, 2.75) is 51.5 Å². The van der Waals surface area contributed by atoms with E-state index < -0.39 is 0 Å². The monoisotopic (exact) mass is 257 g/mol. The Morgan fingerprint density at radius 1 is 1.11 bits per heavy atom. The van der Waals surface area contributed by atoms with Crippen LogP contribution in [0.4, 0.5) is 0 Å². The Morgan fingerprint density at radius 3 is 2.58 bits per heavy atom. The predicted octanol–water partition coefficient (Wildman–Crippen LogP) is 3.99. The number of fused-ring (bicyclic) bond motifs is 1. The van der Waals surface area contributed by atoms with E-state index in [1.54, 1.807) is 11.1 Å². The van der Waals surface area contributed by atoms with Gasteiger partial charge in [-0.05, 0) is 55.2 Å². The van der Waals surface area contributed by atoms with Crippen molar-refractivity contribution in [3.8, 4) is 0 Å². The molecule has 0 bridgehead atoms. The molecule has 5 atom stereocenters. The molecular formula is C18H27N. The van der Waals surface area contributed by atoms with Gasteiger partial charge in [-0.25, -0.2) is 0 Å². The highest BCUT2D eigenvalue weighted by molar-refractivity contribution is 5.41. The summed E-state index contributed by atoms with van der Waals surface area (Å²) >= 11 is 0. The van der Waals surface area contributed by atoms with Gasteiger partial charge in [-0.1, -0.05) is 44.5 Å². The lowest BCUT2D eigenvalue weighted by Crippen LogP contribution is -2.45. The molecular weight excluding hydrogens is 230 g/mol. The lowest BCUT2D eigenvalue weighted by Gasteiger charge is -2.44. The van der Waals surface area contributed by atoms with Gasteiger partial charge in [0.2, 0.25) is 0 Å². The minimum Gasteiger partial charge on any atom is -0.316 e. The van der Waals surface area contributed by atoms with Crippen molar-refractivity contribution in [1.82, 2.24) is 5.32 Å². The Hall–Kier alpha value is -0.820. The molecule has 1 aromatic carbocycles. The van der Waals surface area contributed by atoms with Crippen LogP contribution in [0, 0.1) is 17.8 Å². The van der Waals surface area contributed by atoms with Crippen LogP contribution in [0.25, 0.3) is 0 Å². The molecule has 3 rings (SSSR count). The third-order valence-corrected chi connectivity index (χ3v) is 5.81. The Labute approximate surface area is 117 Å². The largest absolute Gasteiger partial charge is 0.316 e. The minimum atomic E-state index is 0.685. The van der Waals surface area contributed by atoms with E-state index in [-0.39, 0.29) is 0 Å². The molecule has 1 nitrogen and oxygen atoms in total. The zero-order valence-corrected chi connectivity index (χ0v) is 12.5. The maximum atomic E-state index is 3.65. The van der Waals surface area contributed by atoms with Gasteiger partial charge in [-0.3, -0.25) is 0 Å². The van der Waals surface area contributed by atoms with Crippen LogP contribution in [0.15, 0.2) is 24.3 Å². The zero-order valence-electron chi connectivity index (χ0n) is 12.5. The van der Waals surface area contributed by atoms with Crippen LogP contribution in [0.1, 0.15) is 50.2 Å². The molecule has 2 aliphatic carbocycles. The second kappa shape index (κ2) is 5.28.